The SMILES string of the molecule is CC/C=C\C/C=C\C/C=C\C/C=C\CCCCCCCCCCCCCCCCC(=O)OCC(COC(=O)CCCCCCC/C=C\C/C=C\CCC)OC(=O)CCCCCCCCCCCCC/C=C\CCCCCCCCCC. The summed E-state index contributed by atoms with van der Waals surface area (Å²) in [6.07, 6.45) is 91.8. The molecule has 0 aliphatic rings. The number of unbranched alkanes of at least 4 members (excludes halogenated alkanes) is 39. The van der Waals surface area contributed by atoms with E-state index in [0.29, 0.717) is 19.3 Å². The zero-order chi connectivity index (χ0) is 58.5. The van der Waals surface area contributed by atoms with Gasteiger partial charge in [0.1, 0.15) is 13.2 Å². The molecule has 0 aliphatic heterocycles. The third-order valence-electron chi connectivity index (χ3n) is 15.3. The number of rotatable bonds is 64. The van der Waals surface area contributed by atoms with Gasteiger partial charge in [0.25, 0.3) is 0 Å². The van der Waals surface area contributed by atoms with Gasteiger partial charge in [-0.3, -0.25) is 14.4 Å². The van der Waals surface area contributed by atoms with E-state index in [2.05, 4.69) is 106 Å². The van der Waals surface area contributed by atoms with Gasteiger partial charge in [0.15, 0.2) is 6.10 Å². The lowest BCUT2D eigenvalue weighted by molar-refractivity contribution is -0.167. The highest BCUT2D eigenvalue weighted by Crippen LogP contribution is 2.17. The second-order valence-electron chi connectivity index (χ2n) is 23.4. The Morgan fingerprint density at radius 2 is 0.506 bits per heavy atom. The molecule has 0 amide bonds. The first-order valence-electron chi connectivity index (χ1n) is 35.1. The van der Waals surface area contributed by atoms with Gasteiger partial charge < -0.3 is 14.2 Å². The molecule has 0 rings (SSSR count). The molecule has 0 bridgehead atoms. The van der Waals surface area contributed by atoms with Crippen LogP contribution >= 0.6 is 0 Å². The molecule has 0 radical (unpaired) electrons. The molecule has 0 aromatic carbocycles. The topological polar surface area (TPSA) is 78.9 Å². The number of allylic oxidation sites excluding steroid dienone is 14. The molecule has 0 fully saturated rings. The first-order chi connectivity index (χ1) is 40.0. The first-order valence-corrected chi connectivity index (χ1v) is 35.1. The largest absolute Gasteiger partial charge is 0.462 e. The predicted octanol–water partition coefficient (Wildman–Crippen LogP) is 24.2. The van der Waals surface area contributed by atoms with Crippen molar-refractivity contribution in [1.29, 1.82) is 0 Å². The van der Waals surface area contributed by atoms with Crippen LogP contribution in [0.15, 0.2) is 85.1 Å². The summed E-state index contributed by atoms with van der Waals surface area (Å²) in [6.45, 7) is 6.50. The quantitative estimate of drug-likeness (QED) is 0.0261. The van der Waals surface area contributed by atoms with Gasteiger partial charge in [0.2, 0.25) is 0 Å². The zero-order valence-corrected chi connectivity index (χ0v) is 53.8. The normalized spacial score (nSPS) is 12.6. The van der Waals surface area contributed by atoms with Crippen LogP contribution in [0.1, 0.15) is 355 Å². The number of carbonyl (C=O) groups is 3. The van der Waals surface area contributed by atoms with E-state index in [9.17, 15) is 14.4 Å². The van der Waals surface area contributed by atoms with Crippen LogP contribution in [0.5, 0.6) is 0 Å². The van der Waals surface area contributed by atoms with Crippen molar-refractivity contribution in [2.75, 3.05) is 13.2 Å². The average molecular weight is 1130 g/mol. The molecule has 0 heterocycles. The maximum absolute atomic E-state index is 13.0. The molecule has 0 aromatic heterocycles. The molecule has 0 saturated heterocycles. The van der Waals surface area contributed by atoms with Crippen LogP contribution in [0, 0.1) is 0 Å². The van der Waals surface area contributed by atoms with Crippen LogP contribution in [-0.2, 0) is 28.6 Å². The number of esters is 3. The van der Waals surface area contributed by atoms with Gasteiger partial charge in [-0.05, 0) is 109 Å². The van der Waals surface area contributed by atoms with Gasteiger partial charge in [-0.25, -0.2) is 0 Å². The Kier molecular flexibility index (Phi) is 66.2. The molecular weight excluding hydrogens is 997 g/mol. The third kappa shape index (κ3) is 67.3. The lowest BCUT2D eigenvalue weighted by Gasteiger charge is -2.18. The number of ether oxygens (including phenoxy) is 3. The molecule has 81 heavy (non-hydrogen) atoms. The van der Waals surface area contributed by atoms with Gasteiger partial charge in [-0.1, -0.05) is 311 Å². The minimum absolute atomic E-state index is 0.0789. The minimum Gasteiger partial charge on any atom is -0.462 e. The molecule has 6 nitrogen and oxygen atoms in total. The first kappa shape index (κ1) is 77.6. The van der Waals surface area contributed by atoms with E-state index in [-0.39, 0.29) is 31.1 Å². The van der Waals surface area contributed by atoms with Gasteiger partial charge in [-0.2, -0.15) is 0 Å². The Morgan fingerprint density at radius 3 is 0.815 bits per heavy atom. The van der Waals surface area contributed by atoms with Gasteiger partial charge in [-0.15, -0.1) is 0 Å². The summed E-state index contributed by atoms with van der Waals surface area (Å²) in [7, 11) is 0. The van der Waals surface area contributed by atoms with Crippen LogP contribution < -0.4 is 0 Å². The maximum Gasteiger partial charge on any atom is 0.306 e. The summed E-state index contributed by atoms with van der Waals surface area (Å²) in [4.78, 5) is 38.4. The van der Waals surface area contributed by atoms with E-state index < -0.39 is 6.10 Å². The molecule has 1 atom stereocenters. The van der Waals surface area contributed by atoms with Crippen molar-refractivity contribution in [2.45, 2.75) is 361 Å². The molecule has 0 saturated carbocycles. The monoisotopic (exact) mass is 1130 g/mol. The van der Waals surface area contributed by atoms with Gasteiger partial charge in [0, 0.05) is 19.3 Å². The molecule has 1 unspecified atom stereocenters. The standard InChI is InChI=1S/C75H132O6/c1-4-7-10-13-16-19-22-25-27-29-31-33-35-36-37-38-40-41-43-45-47-50-53-56-59-62-65-68-74(77)80-71-72(70-79-73(76)67-64-61-58-55-52-49-24-21-18-15-12-9-6-3)81-75(78)69-66-63-60-57-54-51-48-46-44-42-39-34-32-30-28-26-23-20-17-14-11-8-5-2/h7,10,12,15-16,19,21,24-25,27,30-33,72H,4-6,8-9,11,13-14,17-18,20,22-23,26,28-29,34-71H2,1-3H3/b10-7-,15-12-,19-16-,24-21-,27-25-,32-30-,33-31-. The minimum atomic E-state index is -0.784. The van der Waals surface area contributed by atoms with Crippen molar-refractivity contribution in [2.24, 2.45) is 0 Å². The van der Waals surface area contributed by atoms with E-state index >= 15 is 0 Å². The molecule has 0 N–H and O–H groups in total. The fourth-order valence-corrected chi connectivity index (χ4v) is 10.1. The summed E-state index contributed by atoms with van der Waals surface area (Å²) in [6, 6.07) is 0. The number of carbonyl (C=O) groups excluding carboxylic acids is 3. The summed E-state index contributed by atoms with van der Waals surface area (Å²) in [5.41, 5.74) is 0. The van der Waals surface area contributed by atoms with Crippen molar-refractivity contribution in [3.05, 3.63) is 85.1 Å². The van der Waals surface area contributed by atoms with E-state index in [4.69, 9.17) is 14.2 Å². The fourth-order valence-electron chi connectivity index (χ4n) is 10.1. The summed E-state index contributed by atoms with van der Waals surface area (Å²) in [5, 5.41) is 0. The van der Waals surface area contributed by atoms with Crippen molar-refractivity contribution in [3.8, 4) is 0 Å². The van der Waals surface area contributed by atoms with Crippen molar-refractivity contribution in [3.63, 3.8) is 0 Å². The van der Waals surface area contributed by atoms with Gasteiger partial charge in [0.05, 0.1) is 0 Å². The highest BCUT2D eigenvalue weighted by Gasteiger charge is 2.19. The predicted molar refractivity (Wildman–Crippen MR) is 353 cm³/mol. The van der Waals surface area contributed by atoms with E-state index in [1.165, 1.54) is 205 Å². The molecule has 0 spiro atoms. The second kappa shape index (κ2) is 69.1. The van der Waals surface area contributed by atoms with Crippen molar-refractivity contribution in [1.82, 2.24) is 0 Å². The lowest BCUT2D eigenvalue weighted by Crippen LogP contribution is -2.30. The van der Waals surface area contributed by atoms with Gasteiger partial charge >= 0.3 is 17.9 Å². The van der Waals surface area contributed by atoms with Crippen LogP contribution in [-0.4, -0.2) is 37.2 Å². The number of hydrogen-bond donors (Lipinski definition) is 0. The molecule has 468 valence electrons. The second-order valence-corrected chi connectivity index (χ2v) is 23.4. The van der Waals surface area contributed by atoms with Crippen molar-refractivity contribution >= 4 is 17.9 Å². The smallest absolute Gasteiger partial charge is 0.306 e. The maximum atomic E-state index is 13.0. The van der Waals surface area contributed by atoms with Crippen LogP contribution in [0.4, 0.5) is 0 Å². The summed E-state index contributed by atoms with van der Waals surface area (Å²) < 4.78 is 17.0. The van der Waals surface area contributed by atoms with E-state index in [1.54, 1.807) is 0 Å². The Balaban J connectivity index is 4.26. The zero-order valence-electron chi connectivity index (χ0n) is 53.8. The highest BCUT2D eigenvalue weighted by molar-refractivity contribution is 5.71. The molecule has 0 aliphatic carbocycles. The summed E-state index contributed by atoms with van der Waals surface area (Å²) in [5.74, 6) is -0.877. The Labute approximate surface area is 503 Å². The Hall–Kier alpha value is -3.41. The third-order valence-corrected chi connectivity index (χ3v) is 15.3. The Bertz CT molecular complexity index is 1530. The van der Waals surface area contributed by atoms with Crippen LogP contribution in [0.2, 0.25) is 0 Å². The highest BCUT2D eigenvalue weighted by atomic mass is 16.6. The number of hydrogen-bond acceptors (Lipinski definition) is 6. The van der Waals surface area contributed by atoms with Crippen molar-refractivity contribution < 1.29 is 28.6 Å². The Morgan fingerprint density at radius 1 is 0.259 bits per heavy atom. The summed E-state index contributed by atoms with van der Waals surface area (Å²) >= 11 is 0. The fraction of sp³-hybridized carbons (Fsp3) is 0.773. The molecule has 6 heteroatoms. The van der Waals surface area contributed by atoms with Crippen LogP contribution in [0.3, 0.4) is 0 Å². The molecular formula is C75H132O6. The van der Waals surface area contributed by atoms with E-state index in [0.717, 1.165) is 109 Å². The molecule has 0 aromatic rings. The average Bonchev–Trinajstić information content (AvgIpc) is 3.46. The lowest BCUT2D eigenvalue weighted by atomic mass is 10.0. The van der Waals surface area contributed by atoms with Crippen LogP contribution in [0.25, 0.3) is 0 Å². The van der Waals surface area contributed by atoms with E-state index in [1.807, 2.05) is 0 Å².